The molecular weight excluding hydrogens is 308 g/mol. The number of methoxy groups -OCH3 is 3. The number of allylic oxidation sites excluding steroid dienone is 1. The van der Waals surface area contributed by atoms with Gasteiger partial charge in [0, 0.05) is 6.92 Å². The van der Waals surface area contributed by atoms with E-state index in [1.165, 1.54) is 13.8 Å². The van der Waals surface area contributed by atoms with E-state index in [-0.39, 0.29) is 22.5 Å². The van der Waals surface area contributed by atoms with E-state index in [1.807, 2.05) is 0 Å². The van der Waals surface area contributed by atoms with Crippen LogP contribution in [-0.4, -0.2) is 45.2 Å². The molecule has 0 aromatic heterocycles. The summed E-state index contributed by atoms with van der Waals surface area (Å²) in [5.74, 6) is -3.61. The molecule has 0 radical (unpaired) electrons. The summed E-state index contributed by atoms with van der Waals surface area (Å²) in [6.07, 6.45) is 0. The van der Waals surface area contributed by atoms with Crippen LogP contribution in [0.25, 0.3) is 0 Å². The van der Waals surface area contributed by atoms with Crippen molar-refractivity contribution in [2.75, 3.05) is 21.3 Å². The molecule has 1 rings (SSSR count). The molecule has 23 heavy (non-hydrogen) atoms. The van der Waals surface area contributed by atoms with Gasteiger partial charge in [-0.2, -0.15) is 0 Å². The first-order valence-corrected chi connectivity index (χ1v) is 6.56. The van der Waals surface area contributed by atoms with Crippen LogP contribution >= 0.6 is 0 Å². The third kappa shape index (κ3) is 3.10. The molecule has 0 aliphatic heterocycles. The van der Waals surface area contributed by atoms with Crippen LogP contribution in [0.5, 0.6) is 0 Å². The molecule has 0 aromatic rings. The summed E-state index contributed by atoms with van der Waals surface area (Å²) in [6, 6.07) is 0. The van der Waals surface area contributed by atoms with Gasteiger partial charge in [-0.05, 0) is 13.8 Å². The van der Waals surface area contributed by atoms with Crippen LogP contribution in [0.3, 0.4) is 0 Å². The van der Waals surface area contributed by atoms with Crippen molar-refractivity contribution in [1.29, 1.82) is 0 Å². The maximum atomic E-state index is 12.1. The zero-order valence-electron chi connectivity index (χ0n) is 13.8. The van der Waals surface area contributed by atoms with Crippen LogP contribution in [-0.2, 0) is 38.1 Å². The van der Waals surface area contributed by atoms with Crippen molar-refractivity contribution >= 4 is 23.9 Å². The fourth-order valence-electron chi connectivity index (χ4n) is 2.36. The Morgan fingerprint density at radius 1 is 0.783 bits per heavy atom. The van der Waals surface area contributed by atoms with Gasteiger partial charge in [-0.3, -0.25) is 4.79 Å². The molecule has 0 heterocycles. The maximum Gasteiger partial charge on any atom is 0.342 e. The summed E-state index contributed by atoms with van der Waals surface area (Å²) in [7, 11) is 3.32. The number of rotatable bonds is 4. The summed E-state index contributed by atoms with van der Waals surface area (Å²) in [5.41, 5.74) is -2.10. The van der Waals surface area contributed by atoms with E-state index >= 15 is 0 Å². The Morgan fingerprint density at radius 2 is 1.22 bits per heavy atom. The summed E-state index contributed by atoms with van der Waals surface area (Å²) in [4.78, 5) is 47.8. The molecule has 0 N–H and O–H groups in total. The molecule has 0 saturated heterocycles. The van der Waals surface area contributed by atoms with Crippen molar-refractivity contribution in [3.8, 4) is 0 Å². The summed E-state index contributed by atoms with van der Waals surface area (Å²) < 4.78 is 19.1. The zero-order valence-corrected chi connectivity index (χ0v) is 13.8. The van der Waals surface area contributed by atoms with Gasteiger partial charge in [0.25, 0.3) is 0 Å². The van der Waals surface area contributed by atoms with Gasteiger partial charge in [-0.25, -0.2) is 14.4 Å². The van der Waals surface area contributed by atoms with Gasteiger partial charge in [0.05, 0.1) is 37.9 Å². The second kappa shape index (κ2) is 6.64. The number of carbonyl (C=O) groups is 4. The molecule has 0 aromatic carbocycles. The number of carbonyl (C=O) groups excluding carboxylic acids is 4. The normalized spacial score (nSPS) is 16.1. The number of esters is 4. The number of hydrogen-bond acceptors (Lipinski definition) is 8. The van der Waals surface area contributed by atoms with Gasteiger partial charge in [0.2, 0.25) is 0 Å². The molecule has 126 valence electrons. The lowest BCUT2D eigenvalue weighted by Crippen LogP contribution is -2.25. The first-order chi connectivity index (χ1) is 10.6. The van der Waals surface area contributed by atoms with Crippen molar-refractivity contribution in [3.63, 3.8) is 0 Å². The van der Waals surface area contributed by atoms with E-state index in [9.17, 15) is 19.2 Å². The third-order valence-electron chi connectivity index (χ3n) is 3.33. The lowest BCUT2D eigenvalue weighted by molar-refractivity contribution is -0.141. The molecule has 0 bridgehead atoms. The summed E-state index contributed by atoms with van der Waals surface area (Å²) in [5, 5.41) is 0. The van der Waals surface area contributed by atoms with Crippen molar-refractivity contribution in [2.45, 2.75) is 20.8 Å². The molecule has 0 amide bonds. The number of ether oxygens (including phenoxy) is 4. The predicted molar refractivity (Wildman–Crippen MR) is 75.6 cm³/mol. The van der Waals surface area contributed by atoms with E-state index < -0.39 is 29.3 Å². The first-order valence-electron chi connectivity index (χ1n) is 6.56. The smallest absolute Gasteiger partial charge is 0.342 e. The Balaban J connectivity index is 3.79. The van der Waals surface area contributed by atoms with Crippen molar-refractivity contribution in [3.05, 3.63) is 22.5 Å². The summed E-state index contributed by atoms with van der Waals surface area (Å²) >= 11 is 0. The van der Waals surface area contributed by atoms with E-state index in [0.29, 0.717) is 0 Å². The Labute approximate surface area is 133 Å². The molecule has 0 unspecified atom stereocenters. The monoisotopic (exact) mass is 326 g/mol. The molecular formula is C15H18O8. The minimum absolute atomic E-state index is 0.150. The fraction of sp³-hybridized carbons (Fsp3) is 0.467. The van der Waals surface area contributed by atoms with Gasteiger partial charge in [0.15, 0.2) is 0 Å². The SMILES string of the molecule is COC(=O)C1=C(OC(C)=O)C(C)(C)C(C(=O)OC)=C1C(=O)OC. The molecule has 0 saturated carbocycles. The van der Waals surface area contributed by atoms with Crippen LogP contribution in [0.4, 0.5) is 0 Å². The average molecular weight is 326 g/mol. The van der Waals surface area contributed by atoms with Crippen LogP contribution in [0.2, 0.25) is 0 Å². The van der Waals surface area contributed by atoms with Crippen molar-refractivity contribution < 1.29 is 38.1 Å². The molecule has 8 heteroatoms. The Bertz CT molecular complexity index is 636. The predicted octanol–water partition coefficient (Wildman–Crippen LogP) is 0.659. The van der Waals surface area contributed by atoms with Gasteiger partial charge in [-0.15, -0.1) is 0 Å². The summed E-state index contributed by atoms with van der Waals surface area (Å²) in [6.45, 7) is 4.15. The van der Waals surface area contributed by atoms with Crippen LogP contribution < -0.4 is 0 Å². The quantitative estimate of drug-likeness (QED) is 0.548. The van der Waals surface area contributed by atoms with Crippen LogP contribution in [0.15, 0.2) is 22.5 Å². The van der Waals surface area contributed by atoms with E-state index in [1.54, 1.807) is 0 Å². The van der Waals surface area contributed by atoms with Gasteiger partial charge < -0.3 is 18.9 Å². The van der Waals surface area contributed by atoms with Crippen LogP contribution in [0, 0.1) is 5.41 Å². The van der Waals surface area contributed by atoms with Crippen LogP contribution in [0.1, 0.15) is 20.8 Å². The lowest BCUT2D eigenvalue weighted by atomic mass is 9.84. The second-order valence-electron chi connectivity index (χ2n) is 5.15. The number of hydrogen-bond donors (Lipinski definition) is 0. The lowest BCUT2D eigenvalue weighted by Gasteiger charge is -2.24. The largest absolute Gasteiger partial charge is 0.466 e. The zero-order chi connectivity index (χ0) is 17.9. The van der Waals surface area contributed by atoms with Gasteiger partial charge in [-0.1, -0.05) is 0 Å². The van der Waals surface area contributed by atoms with Gasteiger partial charge >= 0.3 is 23.9 Å². The first kappa shape index (κ1) is 18.4. The van der Waals surface area contributed by atoms with Gasteiger partial charge in [0.1, 0.15) is 11.3 Å². The Hall–Kier alpha value is -2.64. The standard InChI is InChI=1S/C15H18O8/c1-7(16)23-11-9(13(18)21-5)8(12(17)20-4)10(14(19)22-6)15(11,2)3/h1-6H3. The minimum Gasteiger partial charge on any atom is -0.466 e. The topological polar surface area (TPSA) is 105 Å². The highest BCUT2D eigenvalue weighted by atomic mass is 16.6. The molecule has 0 spiro atoms. The second-order valence-corrected chi connectivity index (χ2v) is 5.15. The average Bonchev–Trinajstić information content (AvgIpc) is 2.72. The molecule has 0 fully saturated rings. The van der Waals surface area contributed by atoms with Crippen molar-refractivity contribution in [2.24, 2.45) is 5.41 Å². The molecule has 0 atom stereocenters. The Morgan fingerprint density at radius 3 is 1.61 bits per heavy atom. The molecule has 8 nitrogen and oxygen atoms in total. The molecule has 1 aliphatic carbocycles. The highest BCUT2D eigenvalue weighted by molar-refractivity contribution is 6.15. The maximum absolute atomic E-state index is 12.1. The minimum atomic E-state index is -1.27. The Kier molecular flexibility index (Phi) is 5.31. The fourth-order valence-corrected chi connectivity index (χ4v) is 2.36. The molecule has 1 aliphatic rings. The van der Waals surface area contributed by atoms with E-state index in [0.717, 1.165) is 28.3 Å². The highest BCUT2D eigenvalue weighted by Crippen LogP contribution is 2.48. The van der Waals surface area contributed by atoms with E-state index in [2.05, 4.69) is 14.2 Å². The van der Waals surface area contributed by atoms with Crippen molar-refractivity contribution in [1.82, 2.24) is 0 Å². The third-order valence-corrected chi connectivity index (χ3v) is 3.33. The van der Waals surface area contributed by atoms with E-state index in [4.69, 9.17) is 4.74 Å². The highest BCUT2D eigenvalue weighted by Gasteiger charge is 2.51.